The summed E-state index contributed by atoms with van der Waals surface area (Å²) in [6, 6.07) is 12.4. The Morgan fingerprint density at radius 1 is 0.938 bits per heavy atom. The van der Waals surface area contributed by atoms with Crippen molar-refractivity contribution in [3.8, 4) is 11.5 Å². The second-order valence-electron chi connectivity index (χ2n) is 7.09. The van der Waals surface area contributed by atoms with Crippen LogP contribution in [0.25, 0.3) is 0 Å². The lowest BCUT2D eigenvalue weighted by Crippen LogP contribution is -2.50. The Labute approximate surface area is 183 Å². The summed E-state index contributed by atoms with van der Waals surface area (Å²) in [5, 5.41) is 0. The zero-order valence-electron chi connectivity index (χ0n) is 16.8. The minimum Gasteiger partial charge on any atom is -0.456 e. The van der Waals surface area contributed by atoms with Crippen LogP contribution in [-0.2, 0) is 10.0 Å². The number of hydrogen-bond donors (Lipinski definition) is 0. The lowest BCUT2D eigenvalue weighted by Gasteiger charge is -2.34. The fourth-order valence-corrected chi connectivity index (χ4v) is 4.81. The van der Waals surface area contributed by atoms with E-state index in [1.807, 2.05) is 0 Å². The molecule has 1 aromatic heterocycles. The summed E-state index contributed by atoms with van der Waals surface area (Å²) in [7, 11) is -4.13. The lowest BCUT2D eigenvalue weighted by atomic mass is 10.2. The topological polar surface area (TPSA) is 79.8 Å². The zero-order chi connectivity index (χ0) is 22.7. The van der Waals surface area contributed by atoms with Gasteiger partial charge in [-0.05, 0) is 48.5 Å². The van der Waals surface area contributed by atoms with Crippen molar-refractivity contribution in [1.82, 2.24) is 14.2 Å². The van der Waals surface area contributed by atoms with Gasteiger partial charge in [-0.25, -0.2) is 17.2 Å². The minimum atomic E-state index is -4.13. The summed E-state index contributed by atoms with van der Waals surface area (Å²) >= 11 is 0. The highest BCUT2D eigenvalue weighted by Crippen LogP contribution is 2.23. The highest BCUT2D eigenvalue weighted by atomic mass is 32.2. The maximum atomic E-state index is 14.0. The van der Waals surface area contributed by atoms with Crippen LogP contribution in [0.3, 0.4) is 0 Å². The van der Waals surface area contributed by atoms with E-state index in [1.54, 1.807) is 48.8 Å². The average Bonchev–Trinajstić information content (AvgIpc) is 2.80. The molecule has 1 fully saturated rings. The third-order valence-electron chi connectivity index (χ3n) is 5.01. The molecule has 4 rings (SSSR count). The molecule has 2 aromatic carbocycles. The Hall–Kier alpha value is -3.37. The van der Waals surface area contributed by atoms with Crippen LogP contribution in [-0.4, -0.2) is 54.7 Å². The second-order valence-corrected chi connectivity index (χ2v) is 8.99. The summed E-state index contributed by atoms with van der Waals surface area (Å²) in [6.45, 7) is 0.309. The Kier molecular flexibility index (Phi) is 6.15. The summed E-state index contributed by atoms with van der Waals surface area (Å²) in [5.74, 6) is -1.12. The van der Waals surface area contributed by atoms with Crippen molar-refractivity contribution in [2.45, 2.75) is 4.90 Å². The largest absolute Gasteiger partial charge is 0.456 e. The number of nitrogens with zero attached hydrogens (tertiary/aromatic N) is 3. The van der Waals surface area contributed by atoms with Gasteiger partial charge in [-0.15, -0.1) is 0 Å². The molecule has 32 heavy (non-hydrogen) atoms. The number of halogens is 2. The third-order valence-corrected chi connectivity index (χ3v) is 6.94. The van der Waals surface area contributed by atoms with E-state index < -0.39 is 26.6 Å². The molecule has 166 valence electrons. The molecule has 0 bridgehead atoms. The molecule has 1 aliphatic rings. The van der Waals surface area contributed by atoms with Crippen LogP contribution in [0.2, 0.25) is 0 Å². The molecule has 0 radical (unpaired) electrons. The van der Waals surface area contributed by atoms with E-state index in [1.165, 1.54) is 4.90 Å². The first-order chi connectivity index (χ1) is 15.3. The van der Waals surface area contributed by atoms with Gasteiger partial charge in [-0.2, -0.15) is 4.31 Å². The Morgan fingerprint density at radius 3 is 2.28 bits per heavy atom. The summed E-state index contributed by atoms with van der Waals surface area (Å²) in [6.07, 6.45) is 3.21. The predicted octanol–water partition coefficient (Wildman–Crippen LogP) is 3.30. The normalized spacial score (nSPS) is 14.9. The van der Waals surface area contributed by atoms with Crippen molar-refractivity contribution in [1.29, 1.82) is 0 Å². The number of carbonyl (C=O) groups is 1. The number of rotatable bonds is 5. The molecule has 0 aliphatic carbocycles. The molecule has 3 aromatic rings. The number of hydrogen-bond acceptors (Lipinski definition) is 5. The fraction of sp³-hybridized carbons (Fsp3) is 0.182. The van der Waals surface area contributed by atoms with Crippen LogP contribution in [0.4, 0.5) is 8.78 Å². The lowest BCUT2D eigenvalue weighted by molar-refractivity contribution is 0.0697. The molecule has 2 heterocycles. The van der Waals surface area contributed by atoms with Gasteiger partial charge in [0.15, 0.2) is 0 Å². The van der Waals surface area contributed by atoms with E-state index in [4.69, 9.17) is 4.74 Å². The van der Waals surface area contributed by atoms with Gasteiger partial charge >= 0.3 is 0 Å². The number of sulfonamides is 1. The van der Waals surface area contributed by atoms with Crippen molar-refractivity contribution in [3.05, 3.63) is 84.2 Å². The SMILES string of the molecule is O=C(c1ccc(Oc2cccnc2)cc1)N1CCN(S(=O)(=O)c2ccc(F)cc2F)CC1. The van der Waals surface area contributed by atoms with E-state index in [0.717, 1.165) is 16.4 Å². The number of piperazine rings is 1. The first-order valence-electron chi connectivity index (χ1n) is 9.77. The molecule has 1 aliphatic heterocycles. The molecule has 1 saturated heterocycles. The highest BCUT2D eigenvalue weighted by Gasteiger charge is 2.32. The fourth-order valence-electron chi connectivity index (χ4n) is 3.35. The first kappa shape index (κ1) is 21.8. The molecule has 0 atom stereocenters. The van der Waals surface area contributed by atoms with E-state index in [2.05, 4.69) is 4.98 Å². The third kappa shape index (κ3) is 4.61. The molecule has 0 unspecified atom stereocenters. The highest BCUT2D eigenvalue weighted by molar-refractivity contribution is 7.89. The monoisotopic (exact) mass is 459 g/mol. The molecule has 7 nitrogen and oxygen atoms in total. The predicted molar refractivity (Wildman–Crippen MR) is 112 cm³/mol. The number of pyridine rings is 1. The van der Waals surface area contributed by atoms with Crippen LogP contribution in [0.1, 0.15) is 10.4 Å². The standard InChI is InChI=1S/C22H19F2N3O4S/c23-17-5-8-21(20(24)14-17)32(29,30)27-12-10-26(11-13-27)22(28)16-3-6-18(7-4-16)31-19-2-1-9-25-15-19/h1-9,14-15H,10-13H2. The van der Waals surface area contributed by atoms with E-state index in [0.29, 0.717) is 23.1 Å². The van der Waals surface area contributed by atoms with Gasteiger partial charge in [0.1, 0.15) is 28.0 Å². The number of benzene rings is 2. The molecule has 10 heteroatoms. The van der Waals surface area contributed by atoms with Gasteiger partial charge in [0.25, 0.3) is 5.91 Å². The molecular weight excluding hydrogens is 440 g/mol. The first-order valence-corrected chi connectivity index (χ1v) is 11.2. The number of carbonyl (C=O) groups excluding carboxylic acids is 1. The quantitative estimate of drug-likeness (QED) is 0.585. The molecular formula is C22H19F2N3O4S. The number of aromatic nitrogens is 1. The van der Waals surface area contributed by atoms with Crippen molar-refractivity contribution < 1.29 is 26.7 Å². The van der Waals surface area contributed by atoms with Gasteiger partial charge < -0.3 is 9.64 Å². The maximum absolute atomic E-state index is 14.0. The molecule has 0 N–H and O–H groups in total. The molecule has 1 amide bonds. The number of ether oxygens (including phenoxy) is 1. The van der Waals surface area contributed by atoms with Crippen molar-refractivity contribution in [3.63, 3.8) is 0 Å². The van der Waals surface area contributed by atoms with Gasteiger partial charge in [-0.3, -0.25) is 9.78 Å². The van der Waals surface area contributed by atoms with E-state index in [9.17, 15) is 22.0 Å². The van der Waals surface area contributed by atoms with Crippen LogP contribution in [0.15, 0.2) is 71.9 Å². The van der Waals surface area contributed by atoms with Crippen molar-refractivity contribution >= 4 is 15.9 Å². The van der Waals surface area contributed by atoms with Gasteiger partial charge in [-0.1, -0.05) is 0 Å². The van der Waals surface area contributed by atoms with Gasteiger partial charge in [0.2, 0.25) is 10.0 Å². The average molecular weight is 459 g/mol. The van der Waals surface area contributed by atoms with E-state index in [-0.39, 0.29) is 32.1 Å². The Morgan fingerprint density at radius 2 is 1.66 bits per heavy atom. The maximum Gasteiger partial charge on any atom is 0.253 e. The summed E-state index contributed by atoms with van der Waals surface area (Å²) in [4.78, 5) is 17.7. The minimum absolute atomic E-state index is 0.00704. The second kappa shape index (κ2) is 9.01. The van der Waals surface area contributed by atoms with Crippen LogP contribution < -0.4 is 4.74 Å². The van der Waals surface area contributed by atoms with Crippen LogP contribution in [0, 0.1) is 11.6 Å². The Bertz CT molecular complexity index is 1210. The van der Waals surface area contributed by atoms with Gasteiger partial charge in [0, 0.05) is 44.0 Å². The van der Waals surface area contributed by atoms with E-state index >= 15 is 0 Å². The van der Waals surface area contributed by atoms with Crippen LogP contribution in [0.5, 0.6) is 11.5 Å². The number of amides is 1. The summed E-state index contributed by atoms with van der Waals surface area (Å²) < 4.78 is 59.2. The smallest absolute Gasteiger partial charge is 0.253 e. The van der Waals surface area contributed by atoms with Gasteiger partial charge in [0.05, 0.1) is 6.20 Å². The van der Waals surface area contributed by atoms with Crippen molar-refractivity contribution in [2.75, 3.05) is 26.2 Å². The zero-order valence-corrected chi connectivity index (χ0v) is 17.6. The van der Waals surface area contributed by atoms with Crippen molar-refractivity contribution in [2.24, 2.45) is 0 Å². The Balaban J connectivity index is 1.39. The van der Waals surface area contributed by atoms with Crippen LogP contribution >= 0.6 is 0 Å². The molecule has 0 saturated carbocycles. The molecule has 0 spiro atoms. The summed E-state index contributed by atoms with van der Waals surface area (Å²) in [5.41, 5.74) is 0.435.